The number of likely N-dealkylation sites (N-methyl/N-ethyl adjacent to an activating group) is 1. The van der Waals surface area contributed by atoms with Crippen molar-refractivity contribution in [3.63, 3.8) is 0 Å². The average molecular weight is 541 g/mol. The highest BCUT2D eigenvalue weighted by molar-refractivity contribution is 6.30. The average Bonchev–Trinajstić information content (AvgIpc) is 3.26. The summed E-state index contributed by atoms with van der Waals surface area (Å²) < 4.78 is 17.5. The van der Waals surface area contributed by atoms with E-state index in [1.165, 1.54) is 4.90 Å². The van der Waals surface area contributed by atoms with Crippen molar-refractivity contribution in [1.82, 2.24) is 4.98 Å². The molecule has 3 aromatic carbocycles. The first-order chi connectivity index (χ1) is 18.8. The molecular weight excluding hydrogens is 520 g/mol. The number of ether oxygens (including phenoxy) is 3. The second-order valence-corrected chi connectivity index (χ2v) is 10.1. The molecule has 194 valence electrons. The SMILES string of the molecule is CN1C(=O)COc2ccc(C(=O)[C@H]3Oc4ccc(Cl)cc4[C@@]3(O)c3cnc4c(c3)COc3ccccc3-4)cc21. The van der Waals surface area contributed by atoms with Crippen molar-refractivity contribution in [1.29, 1.82) is 0 Å². The highest BCUT2D eigenvalue weighted by Crippen LogP contribution is 2.49. The fourth-order valence-corrected chi connectivity index (χ4v) is 5.57. The van der Waals surface area contributed by atoms with Crippen LogP contribution in [0.25, 0.3) is 11.3 Å². The number of hydrogen-bond acceptors (Lipinski definition) is 7. The molecule has 0 fully saturated rings. The summed E-state index contributed by atoms with van der Waals surface area (Å²) in [5.74, 6) is 0.863. The van der Waals surface area contributed by atoms with Crippen molar-refractivity contribution in [2.24, 2.45) is 0 Å². The van der Waals surface area contributed by atoms with Crippen LogP contribution in [0, 0.1) is 0 Å². The van der Waals surface area contributed by atoms with Crippen molar-refractivity contribution in [3.05, 3.63) is 100 Å². The molecule has 39 heavy (non-hydrogen) atoms. The van der Waals surface area contributed by atoms with Crippen LogP contribution in [0.1, 0.15) is 27.0 Å². The number of rotatable bonds is 3. The minimum absolute atomic E-state index is 0.0716. The molecule has 1 aromatic heterocycles. The topological polar surface area (TPSA) is 98.2 Å². The third-order valence-corrected chi connectivity index (χ3v) is 7.71. The van der Waals surface area contributed by atoms with Gasteiger partial charge in [0, 0.05) is 46.1 Å². The number of aromatic nitrogens is 1. The Kier molecular flexibility index (Phi) is 5.20. The van der Waals surface area contributed by atoms with Crippen LogP contribution in [0.15, 0.2) is 72.9 Å². The second-order valence-electron chi connectivity index (χ2n) is 9.71. The molecule has 0 radical (unpaired) electrons. The number of amides is 1. The minimum Gasteiger partial charge on any atom is -0.488 e. The molecule has 4 heterocycles. The van der Waals surface area contributed by atoms with E-state index >= 15 is 0 Å². The van der Waals surface area contributed by atoms with E-state index in [-0.39, 0.29) is 24.7 Å². The molecular formula is C30H21ClN2O6. The van der Waals surface area contributed by atoms with Gasteiger partial charge in [-0.1, -0.05) is 23.7 Å². The molecule has 3 aliphatic rings. The zero-order chi connectivity index (χ0) is 26.9. The predicted molar refractivity (Wildman–Crippen MR) is 143 cm³/mol. The van der Waals surface area contributed by atoms with Crippen molar-refractivity contribution >= 4 is 29.0 Å². The summed E-state index contributed by atoms with van der Waals surface area (Å²) in [4.78, 5) is 32.3. The largest absolute Gasteiger partial charge is 0.488 e. The van der Waals surface area contributed by atoms with E-state index in [2.05, 4.69) is 4.98 Å². The highest BCUT2D eigenvalue weighted by atomic mass is 35.5. The lowest BCUT2D eigenvalue weighted by Gasteiger charge is -2.30. The number of aliphatic hydroxyl groups is 1. The Morgan fingerprint density at radius 1 is 1.03 bits per heavy atom. The number of ketones is 1. The fourth-order valence-electron chi connectivity index (χ4n) is 5.40. The van der Waals surface area contributed by atoms with E-state index in [1.807, 2.05) is 24.3 Å². The first kappa shape index (κ1) is 23.7. The number of pyridine rings is 1. The van der Waals surface area contributed by atoms with Gasteiger partial charge < -0.3 is 24.2 Å². The van der Waals surface area contributed by atoms with Crippen LogP contribution in [0.4, 0.5) is 5.69 Å². The third kappa shape index (κ3) is 3.52. The van der Waals surface area contributed by atoms with Gasteiger partial charge in [0.25, 0.3) is 5.91 Å². The van der Waals surface area contributed by atoms with E-state index in [9.17, 15) is 14.7 Å². The molecule has 0 spiro atoms. The molecule has 0 saturated carbocycles. The Balaban J connectivity index is 1.34. The summed E-state index contributed by atoms with van der Waals surface area (Å²) in [5.41, 5.74) is 1.93. The molecule has 0 saturated heterocycles. The highest BCUT2D eigenvalue weighted by Gasteiger charge is 2.53. The maximum atomic E-state index is 14.0. The van der Waals surface area contributed by atoms with E-state index in [0.717, 1.165) is 22.6 Å². The molecule has 8 nitrogen and oxygen atoms in total. The van der Waals surface area contributed by atoms with Crippen molar-refractivity contribution in [2.75, 3.05) is 18.6 Å². The Morgan fingerprint density at radius 2 is 1.82 bits per heavy atom. The summed E-state index contributed by atoms with van der Waals surface area (Å²) in [6.45, 7) is 0.189. The van der Waals surface area contributed by atoms with Gasteiger partial charge in [0.2, 0.25) is 5.78 Å². The minimum atomic E-state index is -1.90. The van der Waals surface area contributed by atoms with Gasteiger partial charge in [0.1, 0.15) is 23.9 Å². The lowest BCUT2D eigenvalue weighted by molar-refractivity contribution is -0.121. The zero-order valence-electron chi connectivity index (χ0n) is 20.7. The molecule has 3 aliphatic heterocycles. The van der Waals surface area contributed by atoms with Crippen molar-refractivity contribution in [3.8, 4) is 28.5 Å². The molecule has 1 N–H and O–H groups in total. The number of anilines is 1. The van der Waals surface area contributed by atoms with Gasteiger partial charge in [-0.2, -0.15) is 0 Å². The zero-order valence-corrected chi connectivity index (χ0v) is 21.4. The van der Waals surface area contributed by atoms with Crippen LogP contribution in [-0.2, 0) is 17.0 Å². The van der Waals surface area contributed by atoms with Crippen LogP contribution in [-0.4, -0.2) is 41.5 Å². The van der Waals surface area contributed by atoms with E-state index in [0.29, 0.717) is 33.3 Å². The fraction of sp³-hybridized carbons (Fsp3) is 0.167. The maximum Gasteiger partial charge on any atom is 0.264 e. The Morgan fingerprint density at radius 3 is 2.69 bits per heavy atom. The molecule has 7 rings (SSSR count). The number of fused-ring (bicyclic) bond motifs is 5. The molecule has 0 aliphatic carbocycles. The van der Waals surface area contributed by atoms with Crippen LogP contribution < -0.4 is 19.1 Å². The standard InChI is InChI=1S/C30H21ClN2O6/c1-33-22-11-16(6-8-25(22)38-15-26(33)34)28(35)29-30(36,21-12-19(31)7-9-24(21)39-29)18-10-17-14-37-23-5-3-2-4-20(23)27(17)32-13-18/h2-13,29,36H,14-15H2,1H3/t29-,30+/m1/s1. The summed E-state index contributed by atoms with van der Waals surface area (Å²) in [7, 11) is 1.62. The van der Waals surface area contributed by atoms with Crippen LogP contribution in [0.2, 0.25) is 5.02 Å². The first-order valence-electron chi connectivity index (χ1n) is 12.3. The van der Waals surface area contributed by atoms with Gasteiger partial charge in [0.05, 0.1) is 11.4 Å². The summed E-state index contributed by atoms with van der Waals surface area (Å²) in [5, 5.41) is 12.8. The number of carbonyl (C=O) groups is 2. The van der Waals surface area contributed by atoms with E-state index in [4.69, 9.17) is 25.8 Å². The lowest BCUT2D eigenvalue weighted by atomic mass is 9.80. The quantitative estimate of drug-likeness (QED) is 0.381. The van der Waals surface area contributed by atoms with Crippen molar-refractivity contribution in [2.45, 2.75) is 18.3 Å². The number of halogens is 1. The molecule has 1 amide bonds. The van der Waals surface area contributed by atoms with Gasteiger partial charge in [-0.25, -0.2) is 0 Å². The normalized spacial score (nSPS) is 20.5. The van der Waals surface area contributed by atoms with Gasteiger partial charge in [-0.05, 0) is 54.6 Å². The summed E-state index contributed by atoms with van der Waals surface area (Å²) in [6, 6.07) is 19.1. The van der Waals surface area contributed by atoms with Crippen LogP contribution in [0.3, 0.4) is 0 Å². The summed E-state index contributed by atoms with van der Waals surface area (Å²) in [6.07, 6.45) is 0.222. The maximum absolute atomic E-state index is 14.0. The third-order valence-electron chi connectivity index (χ3n) is 7.48. The molecule has 2 atom stereocenters. The predicted octanol–water partition coefficient (Wildman–Crippen LogP) is 4.53. The summed E-state index contributed by atoms with van der Waals surface area (Å²) >= 11 is 6.32. The number of benzene rings is 3. The van der Waals surface area contributed by atoms with E-state index in [1.54, 1.807) is 55.7 Å². The lowest BCUT2D eigenvalue weighted by Crippen LogP contribution is -2.45. The van der Waals surface area contributed by atoms with Gasteiger partial charge in [-0.3, -0.25) is 14.6 Å². The van der Waals surface area contributed by atoms with Crippen molar-refractivity contribution < 1.29 is 28.9 Å². The number of hydrogen-bond donors (Lipinski definition) is 1. The molecule has 0 unspecified atom stereocenters. The van der Waals surface area contributed by atoms with E-state index < -0.39 is 17.5 Å². The van der Waals surface area contributed by atoms with Gasteiger partial charge in [0.15, 0.2) is 18.3 Å². The smallest absolute Gasteiger partial charge is 0.264 e. The number of carbonyl (C=O) groups excluding carboxylic acids is 2. The first-order valence-corrected chi connectivity index (χ1v) is 12.7. The Labute approximate surface area is 228 Å². The monoisotopic (exact) mass is 540 g/mol. The molecule has 9 heteroatoms. The molecule has 0 bridgehead atoms. The number of Topliss-reactive ketones (excluding diaryl/α,β-unsaturated/α-hetero) is 1. The van der Waals surface area contributed by atoms with Crippen LogP contribution >= 0.6 is 11.6 Å². The number of nitrogens with zero attached hydrogens (tertiary/aromatic N) is 2. The van der Waals surface area contributed by atoms with Gasteiger partial charge in [-0.15, -0.1) is 0 Å². The van der Waals surface area contributed by atoms with Gasteiger partial charge >= 0.3 is 0 Å². The number of para-hydroxylation sites is 1. The van der Waals surface area contributed by atoms with Crippen LogP contribution in [0.5, 0.6) is 17.2 Å². The Hall–Kier alpha value is -4.40. The molecule has 4 aromatic rings. The Bertz CT molecular complexity index is 1710. The second kappa shape index (κ2) is 8.56.